The molecule has 0 N–H and O–H groups in total. The number of methoxy groups -OCH3 is 2. The van der Waals surface area contributed by atoms with Crippen LogP contribution in [0.2, 0.25) is 0 Å². The zero-order valence-corrected chi connectivity index (χ0v) is 13.8. The average Bonchev–Trinajstić information content (AvgIpc) is 3.00. The van der Waals surface area contributed by atoms with Crippen LogP contribution in [-0.2, 0) is 13.0 Å². The molecule has 110 valence electrons. The number of halogens is 1. The fourth-order valence-corrected chi connectivity index (χ4v) is 4.39. The summed E-state index contributed by atoms with van der Waals surface area (Å²) in [6, 6.07) is 2.94. The predicted octanol–water partition coefficient (Wildman–Crippen LogP) is 3.77. The van der Waals surface area contributed by atoms with E-state index in [-0.39, 0.29) is 0 Å². The summed E-state index contributed by atoms with van der Waals surface area (Å²) in [5.74, 6) is 1.65. The Hall–Kier alpha value is -0.740. The van der Waals surface area contributed by atoms with Gasteiger partial charge in [-0.3, -0.25) is 4.90 Å². The molecule has 1 aromatic rings. The molecule has 1 saturated carbocycles. The summed E-state index contributed by atoms with van der Waals surface area (Å²) < 4.78 is 12.0. The van der Waals surface area contributed by atoms with E-state index < -0.39 is 0 Å². The molecular weight excluding hydrogens is 318 g/mol. The van der Waals surface area contributed by atoms with Gasteiger partial charge in [-0.05, 0) is 52.4 Å². The van der Waals surface area contributed by atoms with Crippen LogP contribution in [0.4, 0.5) is 0 Å². The van der Waals surface area contributed by atoms with Crippen molar-refractivity contribution in [1.82, 2.24) is 4.90 Å². The van der Waals surface area contributed by atoms with E-state index in [9.17, 15) is 0 Å². The van der Waals surface area contributed by atoms with Crippen molar-refractivity contribution >= 4 is 15.9 Å². The van der Waals surface area contributed by atoms with Crippen LogP contribution in [0.15, 0.2) is 10.5 Å². The van der Waals surface area contributed by atoms with Crippen molar-refractivity contribution in [2.45, 2.75) is 44.7 Å². The average molecular weight is 340 g/mol. The number of hydrogen-bond acceptors (Lipinski definition) is 3. The maximum absolute atomic E-state index is 5.47. The lowest BCUT2D eigenvalue weighted by Gasteiger charge is -2.34. The van der Waals surface area contributed by atoms with Crippen molar-refractivity contribution in [1.29, 1.82) is 0 Å². The highest BCUT2D eigenvalue weighted by Crippen LogP contribution is 2.42. The minimum atomic E-state index is 0.787. The van der Waals surface area contributed by atoms with Gasteiger partial charge in [0.1, 0.15) is 0 Å². The third kappa shape index (κ3) is 2.44. The minimum Gasteiger partial charge on any atom is -0.493 e. The van der Waals surface area contributed by atoms with Gasteiger partial charge in [0.15, 0.2) is 11.5 Å². The van der Waals surface area contributed by atoms with Crippen LogP contribution >= 0.6 is 15.9 Å². The number of rotatable bonds is 3. The molecule has 1 aromatic carbocycles. The van der Waals surface area contributed by atoms with Crippen LogP contribution in [0.5, 0.6) is 11.5 Å². The molecule has 0 spiro atoms. The quantitative estimate of drug-likeness (QED) is 0.836. The molecule has 0 atom stereocenters. The zero-order chi connectivity index (χ0) is 14.1. The first-order chi connectivity index (χ1) is 9.74. The Morgan fingerprint density at radius 2 is 1.95 bits per heavy atom. The van der Waals surface area contributed by atoms with E-state index in [0.717, 1.165) is 41.5 Å². The molecule has 0 radical (unpaired) electrons. The maximum Gasteiger partial charge on any atom is 0.175 e. The number of ether oxygens (including phenoxy) is 2. The van der Waals surface area contributed by atoms with Crippen molar-refractivity contribution in [3.05, 3.63) is 21.7 Å². The van der Waals surface area contributed by atoms with Crippen molar-refractivity contribution in [3.8, 4) is 11.5 Å². The van der Waals surface area contributed by atoms with Crippen LogP contribution < -0.4 is 9.47 Å². The fraction of sp³-hybridized carbons (Fsp3) is 0.625. The van der Waals surface area contributed by atoms with E-state index in [4.69, 9.17) is 9.47 Å². The molecule has 0 saturated heterocycles. The van der Waals surface area contributed by atoms with E-state index in [2.05, 4.69) is 26.9 Å². The Bertz CT molecular complexity index is 498. The van der Waals surface area contributed by atoms with E-state index in [1.807, 2.05) is 0 Å². The first-order valence-corrected chi connectivity index (χ1v) is 8.20. The zero-order valence-electron chi connectivity index (χ0n) is 12.2. The molecule has 2 aliphatic rings. The molecule has 20 heavy (non-hydrogen) atoms. The lowest BCUT2D eigenvalue weighted by atomic mass is 9.97. The van der Waals surface area contributed by atoms with Crippen LogP contribution in [0, 0.1) is 0 Å². The van der Waals surface area contributed by atoms with Crippen LogP contribution in [0.1, 0.15) is 36.8 Å². The second-order valence-electron chi connectivity index (χ2n) is 5.72. The molecule has 3 nitrogen and oxygen atoms in total. The molecule has 4 heteroatoms. The number of fused-ring (bicyclic) bond motifs is 1. The normalized spacial score (nSPS) is 19.9. The predicted molar refractivity (Wildman–Crippen MR) is 83.6 cm³/mol. The monoisotopic (exact) mass is 339 g/mol. The summed E-state index contributed by atoms with van der Waals surface area (Å²) in [6.07, 6.45) is 6.60. The van der Waals surface area contributed by atoms with E-state index in [1.54, 1.807) is 14.2 Å². The molecular formula is C16H22BrNO2. The highest BCUT2D eigenvalue weighted by molar-refractivity contribution is 9.10. The number of hydrogen-bond donors (Lipinski definition) is 0. The van der Waals surface area contributed by atoms with Gasteiger partial charge in [-0.1, -0.05) is 12.8 Å². The smallest absolute Gasteiger partial charge is 0.175 e. The molecule has 1 fully saturated rings. The Kier molecular flexibility index (Phi) is 4.22. The maximum atomic E-state index is 5.47. The summed E-state index contributed by atoms with van der Waals surface area (Å²) in [4.78, 5) is 2.65. The topological polar surface area (TPSA) is 21.7 Å². The summed E-state index contributed by atoms with van der Waals surface area (Å²) in [7, 11) is 3.40. The Balaban J connectivity index is 1.90. The lowest BCUT2D eigenvalue weighted by molar-refractivity contribution is 0.180. The summed E-state index contributed by atoms with van der Waals surface area (Å²) in [6.45, 7) is 2.20. The second kappa shape index (κ2) is 5.94. The van der Waals surface area contributed by atoms with Gasteiger partial charge >= 0.3 is 0 Å². The highest BCUT2D eigenvalue weighted by Gasteiger charge is 2.28. The lowest BCUT2D eigenvalue weighted by Crippen LogP contribution is -2.37. The molecule has 0 amide bonds. The van der Waals surface area contributed by atoms with Crippen molar-refractivity contribution in [2.75, 3.05) is 20.8 Å². The van der Waals surface area contributed by atoms with Gasteiger partial charge in [-0.25, -0.2) is 0 Å². The van der Waals surface area contributed by atoms with E-state index in [1.165, 1.54) is 36.8 Å². The molecule has 0 unspecified atom stereocenters. The molecule has 0 aromatic heterocycles. The van der Waals surface area contributed by atoms with E-state index >= 15 is 0 Å². The van der Waals surface area contributed by atoms with Gasteiger partial charge in [0.2, 0.25) is 0 Å². The first kappa shape index (κ1) is 14.2. The van der Waals surface area contributed by atoms with Gasteiger partial charge in [0.05, 0.1) is 18.7 Å². The Morgan fingerprint density at radius 1 is 1.20 bits per heavy atom. The van der Waals surface area contributed by atoms with Crippen molar-refractivity contribution < 1.29 is 9.47 Å². The third-order valence-corrected chi connectivity index (χ3v) is 5.51. The standard InChI is InChI=1S/C16H22BrNO2/c1-19-14-9-11-10-18(12-5-3-4-6-12)8-7-13(11)15(17)16(14)20-2/h9,12H,3-8,10H2,1-2H3. The largest absolute Gasteiger partial charge is 0.493 e. The first-order valence-electron chi connectivity index (χ1n) is 7.41. The SMILES string of the molecule is COc1cc2c(c(Br)c1OC)CCN(C1CCCC1)C2. The number of nitrogens with zero attached hydrogens (tertiary/aromatic N) is 1. The van der Waals surface area contributed by atoms with Gasteiger partial charge in [0.25, 0.3) is 0 Å². The van der Waals surface area contributed by atoms with Gasteiger partial charge < -0.3 is 9.47 Å². The highest BCUT2D eigenvalue weighted by atomic mass is 79.9. The summed E-state index contributed by atoms with van der Waals surface area (Å²) >= 11 is 3.70. The van der Waals surface area contributed by atoms with Gasteiger partial charge in [-0.2, -0.15) is 0 Å². The van der Waals surface area contributed by atoms with Crippen LogP contribution in [-0.4, -0.2) is 31.7 Å². The Morgan fingerprint density at radius 3 is 2.60 bits per heavy atom. The molecule has 3 rings (SSSR count). The molecule has 0 bridgehead atoms. The van der Waals surface area contributed by atoms with Crippen LogP contribution in [0.25, 0.3) is 0 Å². The van der Waals surface area contributed by atoms with Crippen molar-refractivity contribution in [2.24, 2.45) is 0 Å². The second-order valence-corrected chi connectivity index (χ2v) is 6.52. The van der Waals surface area contributed by atoms with Gasteiger partial charge in [0, 0.05) is 19.1 Å². The summed E-state index contributed by atoms with van der Waals surface area (Å²) in [5.41, 5.74) is 2.77. The van der Waals surface area contributed by atoms with Crippen molar-refractivity contribution in [3.63, 3.8) is 0 Å². The molecule has 1 heterocycles. The molecule has 1 aliphatic heterocycles. The molecule has 1 aliphatic carbocycles. The minimum absolute atomic E-state index is 0.787. The van der Waals surface area contributed by atoms with Crippen LogP contribution in [0.3, 0.4) is 0 Å². The Labute approximate surface area is 129 Å². The van der Waals surface area contributed by atoms with E-state index in [0.29, 0.717) is 0 Å². The van der Waals surface area contributed by atoms with Gasteiger partial charge in [-0.15, -0.1) is 0 Å². The third-order valence-electron chi connectivity index (χ3n) is 4.67. The summed E-state index contributed by atoms with van der Waals surface area (Å²) in [5, 5.41) is 0. The number of benzene rings is 1. The fourth-order valence-electron chi connectivity index (χ4n) is 3.58.